The molecule has 3 atom stereocenters. The van der Waals surface area contributed by atoms with E-state index in [4.69, 9.17) is 0 Å². The molecule has 2 saturated heterocycles. The quantitative estimate of drug-likeness (QED) is 0.468. The van der Waals surface area contributed by atoms with E-state index >= 15 is 0 Å². The number of nitrogens with zero attached hydrogens (tertiary/aromatic N) is 1. The fraction of sp³-hybridized carbons (Fsp3) is 0.769. The Morgan fingerprint density at radius 1 is 1.45 bits per heavy atom. The number of imide groups is 1. The summed E-state index contributed by atoms with van der Waals surface area (Å²) in [5.41, 5.74) is 0. The third-order valence-electron chi connectivity index (χ3n) is 3.82. The normalized spacial score (nSPS) is 28.2. The minimum Gasteiger partial charge on any atom is -0.469 e. The summed E-state index contributed by atoms with van der Waals surface area (Å²) in [5, 5.41) is 3.24. The lowest BCUT2D eigenvalue weighted by atomic mass is 10.0. The molecule has 0 radical (unpaired) electrons. The van der Waals surface area contributed by atoms with Crippen LogP contribution in [0.5, 0.6) is 0 Å². The Bertz CT molecular complexity index is 415. The number of unbranched alkanes of at least 4 members (excludes halogenated alkanes) is 1. The van der Waals surface area contributed by atoms with Crippen molar-refractivity contribution in [2.75, 3.05) is 12.9 Å². The van der Waals surface area contributed by atoms with E-state index in [9.17, 15) is 14.4 Å². The Morgan fingerprint density at radius 3 is 2.85 bits per heavy atom. The van der Waals surface area contributed by atoms with Gasteiger partial charge in [-0.1, -0.05) is 6.42 Å². The van der Waals surface area contributed by atoms with E-state index in [1.807, 2.05) is 0 Å². The number of urea groups is 1. The topological polar surface area (TPSA) is 75.7 Å². The lowest BCUT2D eigenvalue weighted by molar-refractivity contribution is -0.140. The largest absolute Gasteiger partial charge is 0.469 e. The summed E-state index contributed by atoms with van der Waals surface area (Å²) in [6.07, 6.45) is 3.10. The second-order valence-corrected chi connectivity index (χ2v) is 6.40. The summed E-state index contributed by atoms with van der Waals surface area (Å²) in [5.74, 6) is 0.422. The Morgan fingerprint density at radius 2 is 2.20 bits per heavy atom. The number of amides is 3. The molecule has 0 unspecified atom stereocenters. The number of ether oxygens (including phenoxy) is 1. The molecule has 2 fully saturated rings. The fourth-order valence-electron chi connectivity index (χ4n) is 2.82. The summed E-state index contributed by atoms with van der Waals surface area (Å²) >= 11 is 1.80. The molecule has 3 amide bonds. The number of carbonyl (C=O) groups excluding carboxylic acids is 3. The number of hydrogen-bond donors (Lipinski definition) is 1. The molecule has 2 aliphatic heterocycles. The molecule has 112 valence electrons. The van der Waals surface area contributed by atoms with Crippen molar-refractivity contribution in [1.82, 2.24) is 10.2 Å². The molecule has 2 heterocycles. The smallest absolute Gasteiger partial charge is 0.324 e. The van der Waals surface area contributed by atoms with Crippen LogP contribution in [-0.2, 0) is 14.3 Å². The minimum absolute atomic E-state index is 0.0180. The van der Waals surface area contributed by atoms with E-state index in [0.717, 1.165) is 25.0 Å². The number of fused-ring (bicyclic) bond motifs is 1. The maximum absolute atomic E-state index is 11.8. The van der Waals surface area contributed by atoms with Crippen molar-refractivity contribution in [1.29, 1.82) is 0 Å². The maximum atomic E-state index is 11.8. The highest BCUT2D eigenvalue weighted by molar-refractivity contribution is 8.00. The van der Waals surface area contributed by atoms with Gasteiger partial charge in [-0.3, -0.25) is 14.5 Å². The van der Waals surface area contributed by atoms with Gasteiger partial charge in [-0.15, -0.1) is 0 Å². The Balaban J connectivity index is 1.80. The van der Waals surface area contributed by atoms with E-state index < -0.39 is 0 Å². The van der Waals surface area contributed by atoms with Crippen LogP contribution >= 0.6 is 11.8 Å². The van der Waals surface area contributed by atoms with Gasteiger partial charge in [-0.25, -0.2) is 4.79 Å². The van der Waals surface area contributed by atoms with Gasteiger partial charge in [0, 0.05) is 24.3 Å². The lowest BCUT2D eigenvalue weighted by Crippen LogP contribution is -2.40. The zero-order valence-corrected chi connectivity index (χ0v) is 12.6. The SMILES string of the molecule is COC(=O)CCCC[C@@H]1SC[C@H]2[C@@H]1NC(=O)N2C(C)=O. The predicted octanol–water partition coefficient (Wildman–Crippen LogP) is 1.14. The number of esters is 1. The number of nitrogens with one attached hydrogen (secondary N) is 1. The van der Waals surface area contributed by atoms with E-state index in [1.54, 1.807) is 11.8 Å². The van der Waals surface area contributed by atoms with Gasteiger partial charge in [-0.05, 0) is 12.8 Å². The summed E-state index contributed by atoms with van der Waals surface area (Å²) < 4.78 is 4.60. The highest BCUT2D eigenvalue weighted by atomic mass is 32.2. The van der Waals surface area contributed by atoms with Crippen LogP contribution < -0.4 is 5.32 Å². The van der Waals surface area contributed by atoms with Crippen LogP contribution in [0.3, 0.4) is 0 Å². The predicted molar refractivity (Wildman–Crippen MR) is 75.4 cm³/mol. The van der Waals surface area contributed by atoms with Crippen molar-refractivity contribution >= 4 is 29.7 Å². The van der Waals surface area contributed by atoms with Crippen molar-refractivity contribution in [3.63, 3.8) is 0 Å². The van der Waals surface area contributed by atoms with Crippen LogP contribution in [0, 0.1) is 0 Å². The van der Waals surface area contributed by atoms with Crippen LogP contribution in [0.1, 0.15) is 32.6 Å². The summed E-state index contributed by atoms with van der Waals surface area (Å²) in [6.45, 7) is 1.43. The Labute approximate surface area is 122 Å². The Hall–Kier alpha value is -1.24. The van der Waals surface area contributed by atoms with Crippen LogP contribution in [0.25, 0.3) is 0 Å². The van der Waals surface area contributed by atoms with Gasteiger partial charge < -0.3 is 10.1 Å². The zero-order chi connectivity index (χ0) is 14.7. The van der Waals surface area contributed by atoms with Crippen LogP contribution in [0.2, 0.25) is 0 Å². The van der Waals surface area contributed by atoms with E-state index in [1.165, 1.54) is 18.9 Å². The van der Waals surface area contributed by atoms with Crippen molar-refractivity contribution < 1.29 is 19.1 Å². The molecule has 0 aromatic carbocycles. The van der Waals surface area contributed by atoms with E-state index in [-0.39, 0.29) is 30.0 Å². The van der Waals surface area contributed by atoms with Gasteiger partial charge in [0.25, 0.3) is 0 Å². The average molecular weight is 300 g/mol. The van der Waals surface area contributed by atoms with Gasteiger partial charge in [0.05, 0.1) is 19.2 Å². The first-order chi connectivity index (χ1) is 9.54. The van der Waals surface area contributed by atoms with Crippen LogP contribution in [-0.4, -0.2) is 53.0 Å². The molecular formula is C13H20N2O4S. The van der Waals surface area contributed by atoms with Crippen molar-refractivity contribution in [2.45, 2.75) is 49.9 Å². The highest BCUT2D eigenvalue weighted by Crippen LogP contribution is 2.36. The van der Waals surface area contributed by atoms with Crippen molar-refractivity contribution in [3.8, 4) is 0 Å². The van der Waals surface area contributed by atoms with Gasteiger partial charge in [0.1, 0.15) is 0 Å². The summed E-state index contributed by atoms with van der Waals surface area (Å²) in [4.78, 5) is 35.6. The molecule has 0 aliphatic carbocycles. The molecule has 0 spiro atoms. The number of rotatable bonds is 5. The molecular weight excluding hydrogens is 280 g/mol. The van der Waals surface area contributed by atoms with Gasteiger partial charge >= 0.3 is 12.0 Å². The molecule has 2 aliphatic rings. The van der Waals surface area contributed by atoms with Crippen LogP contribution in [0.4, 0.5) is 4.79 Å². The maximum Gasteiger partial charge on any atom is 0.324 e. The molecule has 0 aromatic rings. The average Bonchev–Trinajstić information content (AvgIpc) is 2.92. The molecule has 7 heteroatoms. The van der Waals surface area contributed by atoms with Crippen LogP contribution in [0.15, 0.2) is 0 Å². The van der Waals surface area contributed by atoms with Crippen molar-refractivity contribution in [3.05, 3.63) is 0 Å². The molecule has 0 aromatic heterocycles. The van der Waals surface area contributed by atoms with Gasteiger partial charge in [0.2, 0.25) is 5.91 Å². The summed E-state index contributed by atoms with van der Waals surface area (Å²) in [6, 6.07) is -0.238. The standard InChI is InChI=1S/C13H20N2O4S/c1-8(16)15-9-7-20-10(12(9)14-13(15)18)5-3-4-6-11(17)19-2/h9-10,12H,3-7H2,1-2H3,(H,14,18)/t9-,10-,12-/m0/s1. The molecule has 0 saturated carbocycles. The minimum atomic E-state index is -0.271. The molecule has 6 nitrogen and oxygen atoms in total. The first-order valence-corrected chi connectivity index (χ1v) is 7.88. The zero-order valence-electron chi connectivity index (χ0n) is 11.8. The first-order valence-electron chi connectivity index (χ1n) is 6.83. The van der Waals surface area contributed by atoms with Crippen molar-refractivity contribution in [2.24, 2.45) is 0 Å². The second-order valence-electron chi connectivity index (χ2n) is 5.13. The first kappa shape index (κ1) is 15.2. The lowest BCUT2D eigenvalue weighted by Gasteiger charge is -2.18. The monoisotopic (exact) mass is 300 g/mol. The highest BCUT2D eigenvalue weighted by Gasteiger charge is 2.49. The summed E-state index contributed by atoms with van der Waals surface area (Å²) in [7, 11) is 1.39. The number of hydrogen-bond acceptors (Lipinski definition) is 5. The van der Waals surface area contributed by atoms with E-state index in [2.05, 4.69) is 10.1 Å². The molecule has 2 rings (SSSR count). The Kier molecular flexibility index (Phi) is 4.91. The number of carbonyl (C=O) groups is 3. The number of thioether (sulfide) groups is 1. The second kappa shape index (κ2) is 6.47. The fourth-order valence-corrected chi connectivity index (χ4v) is 4.41. The molecule has 20 heavy (non-hydrogen) atoms. The van der Waals surface area contributed by atoms with Gasteiger partial charge in [0.15, 0.2) is 0 Å². The third-order valence-corrected chi connectivity index (χ3v) is 5.31. The van der Waals surface area contributed by atoms with E-state index in [0.29, 0.717) is 11.7 Å². The molecule has 0 bridgehead atoms. The number of methoxy groups -OCH3 is 1. The van der Waals surface area contributed by atoms with Gasteiger partial charge in [-0.2, -0.15) is 11.8 Å². The molecule has 1 N–H and O–H groups in total. The third kappa shape index (κ3) is 3.08.